The fourth-order valence-electron chi connectivity index (χ4n) is 1.65. The molecule has 4 nitrogen and oxygen atoms in total. The minimum absolute atomic E-state index is 0.149. The maximum atomic E-state index is 11.8. The standard InChI is InChI=1S/C13H19NO3S/c1-9(2)6-11(13(16)17-3)14-12(15)7-10-4-5-18-8-10/h4-5,8-9,11H,6-7H2,1-3H3,(H,14,15). The Balaban J connectivity index is 2.54. The van der Waals surface area contributed by atoms with Crippen molar-refractivity contribution < 1.29 is 14.3 Å². The molecule has 0 radical (unpaired) electrons. The quantitative estimate of drug-likeness (QED) is 0.804. The second kappa shape index (κ2) is 7.16. The molecule has 0 saturated carbocycles. The van der Waals surface area contributed by atoms with Gasteiger partial charge >= 0.3 is 5.97 Å². The molecule has 100 valence electrons. The molecule has 0 aliphatic heterocycles. The van der Waals surface area contributed by atoms with Crippen LogP contribution in [-0.4, -0.2) is 25.0 Å². The Morgan fingerprint density at radius 3 is 2.67 bits per heavy atom. The van der Waals surface area contributed by atoms with E-state index >= 15 is 0 Å². The summed E-state index contributed by atoms with van der Waals surface area (Å²) >= 11 is 1.55. The Bertz CT molecular complexity index is 387. The number of carbonyl (C=O) groups is 2. The lowest BCUT2D eigenvalue weighted by Gasteiger charge is -2.18. The Morgan fingerprint density at radius 2 is 2.17 bits per heavy atom. The van der Waals surface area contributed by atoms with E-state index in [2.05, 4.69) is 5.32 Å². The molecule has 1 rings (SSSR count). The van der Waals surface area contributed by atoms with Crippen LogP contribution in [0.25, 0.3) is 0 Å². The highest BCUT2D eigenvalue weighted by Gasteiger charge is 2.22. The van der Waals surface area contributed by atoms with Gasteiger partial charge in [-0.1, -0.05) is 13.8 Å². The van der Waals surface area contributed by atoms with E-state index in [0.717, 1.165) is 5.56 Å². The van der Waals surface area contributed by atoms with E-state index in [9.17, 15) is 9.59 Å². The molecule has 0 saturated heterocycles. The van der Waals surface area contributed by atoms with Gasteiger partial charge in [-0.05, 0) is 34.7 Å². The van der Waals surface area contributed by atoms with E-state index in [1.807, 2.05) is 30.7 Å². The third-order valence-corrected chi connectivity index (χ3v) is 3.20. The predicted octanol–water partition coefficient (Wildman–Crippen LogP) is 1.99. The lowest BCUT2D eigenvalue weighted by molar-refractivity contribution is -0.145. The van der Waals surface area contributed by atoms with Crippen molar-refractivity contribution in [2.75, 3.05) is 7.11 Å². The second-order valence-electron chi connectivity index (χ2n) is 4.58. The summed E-state index contributed by atoms with van der Waals surface area (Å²) in [5.41, 5.74) is 0.964. The minimum Gasteiger partial charge on any atom is -0.467 e. The molecule has 0 bridgehead atoms. The van der Waals surface area contributed by atoms with E-state index < -0.39 is 6.04 Å². The van der Waals surface area contributed by atoms with Gasteiger partial charge in [-0.3, -0.25) is 4.79 Å². The number of amides is 1. The fraction of sp³-hybridized carbons (Fsp3) is 0.538. The third kappa shape index (κ3) is 4.87. The molecule has 0 spiro atoms. The molecule has 1 aromatic heterocycles. The Morgan fingerprint density at radius 1 is 1.44 bits per heavy atom. The molecule has 0 aliphatic carbocycles. The van der Waals surface area contributed by atoms with Crippen LogP contribution in [0.2, 0.25) is 0 Å². The van der Waals surface area contributed by atoms with Crippen molar-refractivity contribution in [3.63, 3.8) is 0 Å². The summed E-state index contributed by atoms with van der Waals surface area (Å²) < 4.78 is 4.70. The van der Waals surface area contributed by atoms with Crippen molar-refractivity contribution in [2.45, 2.75) is 32.7 Å². The van der Waals surface area contributed by atoms with Gasteiger partial charge in [0, 0.05) is 0 Å². The highest BCUT2D eigenvalue weighted by Crippen LogP contribution is 2.09. The smallest absolute Gasteiger partial charge is 0.328 e. The summed E-state index contributed by atoms with van der Waals surface area (Å²) in [6, 6.07) is 1.35. The molecular formula is C13H19NO3S. The number of thiophene rings is 1. The number of ether oxygens (including phenoxy) is 1. The summed E-state index contributed by atoms with van der Waals surface area (Å²) in [6.45, 7) is 4.00. The van der Waals surface area contributed by atoms with Gasteiger partial charge in [0.15, 0.2) is 0 Å². The first-order valence-electron chi connectivity index (χ1n) is 5.91. The normalized spacial score (nSPS) is 12.2. The van der Waals surface area contributed by atoms with E-state index in [-0.39, 0.29) is 11.9 Å². The first-order chi connectivity index (χ1) is 8.52. The SMILES string of the molecule is COC(=O)C(CC(C)C)NC(=O)Cc1ccsc1. The summed E-state index contributed by atoms with van der Waals surface area (Å²) in [5.74, 6) is -0.220. The van der Waals surface area contributed by atoms with Gasteiger partial charge in [0.25, 0.3) is 0 Å². The lowest BCUT2D eigenvalue weighted by Crippen LogP contribution is -2.43. The van der Waals surface area contributed by atoms with Gasteiger partial charge in [0.05, 0.1) is 13.5 Å². The molecule has 1 aromatic rings. The van der Waals surface area contributed by atoms with Crippen LogP contribution >= 0.6 is 11.3 Å². The number of nitrogens with one attached hydrogen (secondary N) is 1. The molecule has 1 amide bonds. The summed E-state index contributed by atoms with van der Waals surface area (Å²) in [6.07, 6.45) is 0.886. The average Bonchev–Trinajstić information content (AvgIpc) is 2.79. The van der Waals surface area contributed by atoms with Crippen molar-refractivity contribution in [3.05, 3.63) is 22.4 Å². The Hall–Kier alpha value is -1.36. The number of methoxy groups -OCH3 is 1. The molecule has 5 heteroatoms. The van der Waals surface area contributed by atoms with Crippen LogP contribution < -0.4 is 5.32 Å². The fourth-order valence-corrected chi connectivity index (χ4v) is 2.32. The molecule has 0 aromatic carbocycles. The van der Waals surface area contributed by atoms with Crippen LogP contribution in [0.15, 0.2) is 16.8 Å². The monoisotopic (exact) mass is 269 g/mol. The van der Waals surface area contributed by atoms with Gasteiger partial charge in [-0.25, -0.2) is 4.79 Å². The van der Waals surface area contributed by atoms with Crippen LogP contribution in [0.3, 0.4) is 0 Å². The summed E-state index contributed by atoms with van der Waals surface area (Å²) in [4.78, 5) is 23.4. The second-order valence-corrected chi connectivity index (χ2v) is 5.36. The van der Waals surface area contributed by atoms with Gasteiger partial charge in [-0.2, -0.15) is 11.3 Å². The third-order valence-electron chi connectivity index (χ3n) is 2.47. The Kier molecular flexibility index (Phi) is 5.85. The van der Waals surface area contributed by atoms with Crippen molar-refractivity contribution in [1.82, 2.24) is 5.32 Å². The van der Waals surface area contributed by atoms with Crippen LogP contribution in [-0.2, 0) is 20.7 Å². The molecule has 1 atom stereocenters. The highest BCUT2D eigenvalue weighted by atomic mass is 32.1. The predicted molar refractivity (Wildman–Crippen MR) is 71.4 cm³/mol. The molecule has 1 heterocycles. The van der Waals surface area contributed by atoms with E-state index in [1.54, 1.807) is 11.3 Å². The maximum Gasteiger partial charge on any atom is 0.328 e. The summed E-state index contributed by atoms with van der Waals surface area (Å²) in [7, 11) is 1.33. The van der Waals surface area contributed by atoms with E-state index in [4.69, 9.17) is 4.74 Å². The highest BCUT2D eigenvalue weighted by molar-refractivity contribution is 7.07. The van der Waals surface area contributed by atoms with Gasteiger partial charge < -0.3 is 10.1 Å². The number of esters is 1. The maximum absolute atomic E-state index is 11.8. The van der Waals surface area contributed by atoms with E-state index in [0.29, 0.717) is 18.8 Å². The number of hydrogen-bond donors (Lipinski definition) is 1. The van der Waals surface area contributed by atoms with E-state index in [1.165, 1.54) is 7.11 Å². The minimum atomic E-state index is -0.555. The number of hydrogen-bond acceptors (Lipinski definition) is 4. The van der Waals surface area contributed by atoms with Crippen molar-refractivity contribution >= 4 is 23.2 Å². The molecule has 0 aliphatic rings. The van der Waals surface area contributed by atoms with Crippen molar-refractivity contribution in [1.29, 1.82) is 0 Å². The van der Waals surface area contributed by atoms with Gasteiger partial charge in [-0.15, -0.1) is 0 Å². The van der Waals surface area contributed by atoms with Crippen LogP contribution in [0.4, 0.5) is 0 Å². The van der Waals surface area contributed by atoms with Gasteiger partial charge in [0.2, 0.25) is 5.91 Å². The molecule has 18 heavy (non-hydrogen) atoms. The van der Waals surface area contributed by atoms with Crippen molar-refractivity contribution in [3.8, 4) is 0 Å². The lowest BCUT2D eigenvalue weighted by atomic mass is 10.0. The largest absolute Gasteiger partial charge is 0.467 e. The zero-order chi connectivity index (χ0) is 13.5. The summed E-state index contributed by atoms with van der Waals surface area (Å²) in [5, 5.41) is 6.58. The molecule has 0 fully saturated rings. The first kappa shape index (κ1) is 14.7. The van der Waals surface area contributed by atoms with Crippen LogP contribution in [0.5, 0.6) is 0 Å². The number of carbonyl (C=O) groups excluding carboxylic acids is 2. The average molecular weight is 269 g/mol. The van der Waals surface area contributed by atoms with Crippen LogP contribution in [0, 0.1) is 5.92 Å². The molecular weight excluding hydrogens is 250 g/mol. The first-order valence-corrected chi connectivity index (χ1v) is 6.85. The molecule has 1 N–H and O–H groups in total. The molecule has 1 unspecified atom stereocenters. The van der Waals surface area contributed by atoms with Gasteiger partial charge in [0.1, 0.15) is 6.04 Å². The van der Waals surface area contributed by atoms with Crippen LogP contribution in [0.1, 0.15) is 25.8 Å². The zero-order valence-corrected chi connectivity index (χ0v) is 11.8. The Labute approximate surface area is 111 Å². The number of rotatable bonds is 6. The van der Waals surface area contributed by atoms with Crippen molar-refractivity contribution in [2.24, 2.45) is 5.92 Å². The topological polar surface area (TPSA) is 55.4 Å². The zero-order valence-electron chi connectivity index (χ0n) is 10.9.